The van der Waals surface area contributed by atoms with E-state index in [0.29, 0.717) is 10.7 Å². The van der Waals surface area contributed by atoms with Crippen LogP contribution in [0.1, 0.15) is 10.4 Å². The summed E-state index contributed by atoms with van der Waals surface area (Å²) in [5.41, 5.74) is 2.15. The first kappa shape index (κ1) is 15.9. The van der Waals surface area contributed by atoms with Crippen molar-refractivity contribution >= 4 is 51.5 Å². The molecule has 2 N–H and O–H groups in total. The van der Waals surface area contributed by atoms with Crippen LogP contribution in [0.4, 0.5) is 11.4 Å². The summed E-state index contributed by atoms with van der Waals surface area (Å²) >= 11 is 8.47. The first-order valence-electron chi connectivity index (χ1n) is 6.77. The van der Waals surface area contributed by atoms with Crippen LogP contribution in [0.5, 0.6) is 0 Å². The fourth-order valence-corrected chi connectivity index (χ4v) is 2.84. The summed E-state index contributed by atoms with van der Waals surface area (Å²) in [5, 5.41) is 13.0. The van der Waals surface area contributed by atoms with Crippen molar-refractivity contribution in [2.24, 2.45) is 0 Å². The zero-order valence-corrected chi connectivity index (χ0v) is 14.7. The number of carboxylic acids is 1. The predicted octanol–water partition coefficient (Wildman–Crippen LogP) is 5.18. The number of aromatic nitrogens is 1. The third-order valence-corrected chi connectivity index (χ3v) is 4.35. The smallest absolute Gasteiger partial charge is 0.337 e. The van der Waals surface area contributed by atoms with Gasteiger partial charge in [0.2, 0.25) is 0 Å². The monoisotopic (exact) mass is 438 g/mol. The summed E-state index contributed by atoms with van der Waals surface area (Å²) in [5.74, 6) is -1.03. The van der Waals surface area contributed by atoms with Gasteiger partial charge in [0.1, 0.15) is 0 Å². The van der Waals surface area contributed by atoms with Gasteiger partial charge >= 0.3 is 5.97 Å². The summed E-state index contributed by atoms with van der Waals surface area (Å²) in [6, 6.07) is 14.7. The number of nitrogens with one attached hydrogen (secondary N) is 1. The molecule has 0 fully saturated rings. The standard InChI is InChI=1S/C17H12ClIN2O2/c18-14-9-13(17(22)23)15(10-16(14)21-7-1-2-8-21)20-12-5-3-11(19)4-6-12/h1-10,20H,(H,22,23). The van der Waals surface area contributed by atoms with Gasteiger partial charge in [-0.3, -0.25) is 0 Å². The second kappa shape index (κ2) is 6.64. The van der Waals surface area contributed by atoms with E-state index < -0.39 is 5.97 Å². The lowest BCUT2D eigenvalue weighted by Gasteiger charge is -2.14. The van der Waals surface area contributed by atoms with Crippen LogP contribution in [-0.2, 0) is 0 Å². The van der Waals surface area contributed by atoms with Gasteiger partial charge in [-0.25, -0.2) is 4.79 Å². The predicted molar refractivity (Wildman–Crippen MR) is 100 cm³/mol. The Kier molecular flexibility index (Phi) is 4.58. The number of hydrogen-bond donors (Lipinski definition) is 2. The van der Waals surface area contributed by atoms with E-state index in [-0.39, 0.29) is 5.56 Å². The van der Waals surface area contributed by atoms with Crippen molar-refractivity contribution in [3.63, 3.8) is 0 Å². The lowest BCUT2D eigenvalue weighted by atomic mass is 10.1. The summed E-state index contributed by atoms with van der Waals surface area (Å²) in [4.78, 5) is 11.5. The zero-order chi connectivity index (χ0) is 16.4. The van der Waals surface area contributed by atoms with Crippen LogP contribution in [0.25, 0.3) is 5.69 Å². The van der Waals surface area contributed by atoms with E-state index in [0.717, 1.165) is 14.9 Å². The minimum Gasteiger partial charge on any atom is -0.478 e. The highest BCUT2D eigenvalue weighted by Gasteiger charge is 2.15. The third-order valence-electron chi connectivity index (χ3n) is 3.32. The van der Waals surface area contributed by atoms with Crippen LogP contribution in [0.15, 0.2) is 60.9 Å². The largest absolute Gasteiger partial charge is 0.478 e. The Hall–Kier alpha value is -1.99. The van der Waals surface area contributed by atoms with Gasteiger partial charge in [0, 0.05) is 21.7 Å². The number of aromatic carboxylic acids is 1. The molecule has 3 rings (SSSR count). The normalized spacial score (nSPS) is 10.5. The summed E-state index contributed by atoms with van der Waals surface area (Å²) in [7, 11) is 0. The van der Waals surface area contributed by atoms with Crippen molar-refractivity contribution in [3.8, 4) is 5.69 Å². The molecule has 4 nitrogen and oxygen atoms in total. The summed E-state index contributed by atoms with van der Waals surface area (Å²) in [6.45, 7) is 0. The second-order valence-electron chi connectivity index (χ2n) is 4.88. The van der Waals surface area contributed by atoms with E-state index in [9.17, 15) is 9.90 Å². The van der Waals surface area contributed by atoms with E-state index in [1.165, 1.54) is 6.07 Å². The van der Waals surface area contributed by atoms with Crippen molar-refractivity contribution in [2.75, 3.05) is 5.32 Å². The zero-order valence-electron chi connectivity index (χ0n) is 11.8. The van der Waals surface area contributed by atoms with Crippen LogP contribution in [0, 0.1) is 3.57 Å². The molecule has 116 valence electrons. The molecule has 0 aliphatic heterocycles. The molecule has 1 heterocycles. The molecule has 0 radical (unpaired) electrons. The molecule has 0 bridgehead atoms. The van der Waals surface area contributed by atoms with Gasteiger partial charge < -0.3 is 15.0 Å². The van der Waals surface area contributed by atoms with Crippen LogP contribution in [-0.4, -0.2) is 15.6 Å². The number of hydrogen-bond acceptors (Lipinski definition) is 2. The lowest BCUT2D eigenvalue weighted by Crippen LogP contribution is -2.05. The topological polar surface area (TPSA) is 54.3 Å². The number of carbonyl (C=O) groups is 1. The molecule has 0 saturated carbocycles. The molecule has 6 heteroatoms. The van der Waals surface area contributed by atoms with E-state index in [4.69, 9.17) is 11.6 Å². The average molecular weight is 439 g/mol. The quantitative estimate of drug-likeness (QED) is 0.552. The molecule has 3 aromatic rings. The number of anilines is 2. The van der Waals surface area contributed by atoms with Gasteiger partial charge in [-0.1, -0.05) is 11.6 Å². The molecule has 0 spiro atoms. The number of halogens is 2. The molecule has 0 atom stereocenters. The average Bonchev–Trinajstić information content (AvgIpc) is 3.05. The highest BCUT2D eigenvalue weighted by molar-refractivity contribution is 14.1. The molecular weight excluding hydrogens is 427 g/mol. The lowest BCUT2D eigenvalue weighted by molar-refractivity contribution is 0.0698. The minimum atomic E-state index is -1.03. The Morgan fingerprint density at radius 1 is 1.13 bits per heavy atom. The minimum absolute atomic E-state index is 0.129. The number of nitrogens with zero attached hydrogens (tertiary/aromatic N) is 1. The summed E-state index contributed by atoms with van der Waals surface area (Å²) in [6.07, 6.45) is 3.71. The van der Waals surface area contributed by atoms with Crippen molar-refractivity contribution in [1.29, 1.82) is 0 Å². The molecule has 0 unspecified atom stereocenters. The van der Waals surface area contributed by atoms with Gasteiger partial charge in [-0.15, -0.1) is 0 Å². The number of carboxylic acid groups (broad SMARTS) is 1. The molecule has 1 aromatic heterocycles. The van der Waals surface area contributed by atoms with Gasteiger partial charge in [-0.2, -0.15) is 0 Å². The number of benzene rings is 2. The summed E-state index contributed by atoms with van der Waals surface area (Å²) < 4.78 is 2.95. The van der Waals surface area contributed by atoms with Crippen LogP contribution >= 0.6 is 34.2 Å². The van der Waals surface area contributed by atoms with Crippen molar-refractivity contribution in [3.05, 3.63) is 75.1 Å². The van der Waals surface area contributed by atoms with Crippen molar-refractivity contribution in [2.45, 2.75) is 0 Å². The molecule has 0 aliphatic rings. The van der Waals surface area contributed by atoms with E-state index in [1.54, 1.807) is 6.07 Å². The van der Waals surface area contributed by atoms with Gasteiger partial charge in [0.25, 0.3) is 0 Å². The highest BCUT2D eigenvalue weighted by Crippen LogP contribution is 2.30. The molecule has 0 amide bonds. The fraction of sp³-hybridized carbons (Fsp3) is 0. The van der Waals surface area contributed by atoms with Crippen molar-refractivity contribution in [1.82, 2.24) is 4.57 Å². The Morgan fingerprint density at radius 3 is 2.39 bits per heavy atom. The fourth-order valence-electron chi connectivity index (χ4n) is 2.22. The first-order chi connectivity index (χ1) is 11.0. The van der Waals surface area contributed by atoms with Gasteiger partial charge in [0.15, 0.2) is 0 Å². The van der Waals surface area contributed by atoms with Crippen LogP contribution in [0.2, 0.25) is 5.02 Å². The SMILES string of the molecule is O=C(O)c1cc(Cl)c(-n2cccc2)cc1Nc1ccc(I)cc1. The maximum atomic E-state index is 11.5. The Bertz CT molecular complexity index is 846. The Morgan fingerprint density at radius 2 is 1.78 bits per heavy atom. The van der Waals surface area contributed by atoms with Gasteiger partial charge in [-0.05, 0) is 71.1 Å². The third kappa shape index (κ3) is 3.51. The maximum absolute atomic E-state index is 11.5. The van der Waals surface area contributed by atoms with E-state index in [2.05, 4.69) is 27.9 Å². The second-order valence-corrected chi connectivity index (χ2v) is 6.53. The molecular formula is C17H12ClIN2O2. The molecule has 0 aliphatic carbocycles. The van der Waals surface area contributed by atoms with Gasteiger partial charge in [0.05, 0.1) is 22.0 Å². The Balaban J connectivity index is 2.07. The highest BCUT2D eigenvalue weighted by atomic mass is 127. The van der Waals surface area contributed by atoms with Crippen LogP contribution in [0.3, 0.4) is 0 Å². The maximum Gasteiger partial charge on any atom is 0.337 e. The van der Waals surface area contributed by atoms with E-state index >= 15 is 0 Å². The molecule has 23 heavy (non-hydrogen) atoms. The molecule has 2 aromatic carbocycles. The Labute approximate surface area is 151 Å². The first-order valence-corrected chi connectivity index (χ1v) is 8.23. The van der Waals surface area contributed by atoms with Crippen LogP contribution < -0.4 is 5.32 Å². The van der Waals surface area contributed by atoms with E-state index in [1.807, 2.05) is 53.4 Å². The number of rotatable bonds is 4. The van der Waals surface area contributed by atoms with Crippen molar-refractivity contribution < 1.29 is 9.90 Å². The molecule has 0 saturated heterocycles.